The minimum absolute atomic E-state index is 0.0547. The van der Waals surface area contributed by atoms with Gasteiger partial charge < -0.3 is 19.3 Å². The van der Waals surface area contributed by atoms with E-state index >= 15 is 0 Å². The normalized spacial score (nSPS) is 16.9. The molecule has 1 aliphatic heterocycles. The van der Waals surface area contributed by atoms with Gasteiger partial charge in [0.1, 0.15) is 11.5 Å². The van der Waals surface area contributed by atoms with Gasteiger partial charge in [0.05, 0.1) is 43.2 Å². The Bertz CT molecular complexity index is 1570. The van der Waals surface area contributed by atoms with E-state index < -0.39 is 17.7 Å². The molecule has 1 aliphatic rings. The van der Waals surface area contributed by atoms with Crippen LogP contribution in [0, 0.1) is 6.92 Å². The lowest BCUT2D eigenvalue weighted by Crippen LogP contribution is -2.29. The summed E-state index contributed by atoms with van der Waals surface area (Å²) in [6.07, 6.45) is 0. The molecule has 1 aromatic heterocycles. The lowest BCUT2D eigenvalue weighted by molar-refractivity contribution is -0.132. The smallest absolute Gasteiger partial charge is 0.301 e. The van der Waals surface area contributed by atoms with Crippen molar-refractivity contribution in [3.63, 3.8) is 0 Å². The van der Waals surface area contributed by atoms with Gasteiger partial charge in [-0.1, -0.05) is 35.6 Å². The van der Waals surface area contributed by atoms with Gasteiger partial charge in [0.25, 0.3) is 5.78 Å². The van der Waals surface area contributed by atoms with Crippen LogP contribution in [0.25, 0.3) is 16.0 Å². The summed E-state index contributed by atoms with van der Waals surface area (Å²) in [4.78, 5) is 33.0. The number of rotatable bonds is 6. The van der Waals surface area contributed by atoms with E-state index in [2.05, 4.69) is 4.98 Å². The van der Waals surface area contributed by atoms with E-state index in [0.29, 0.717) is 39.0 Å². The van der Waals surface area contributed by atoms with Crippen molar-refractivity contribution in [1.82, 2.24) is 4.98 Å². The second kappa shape index (κ2) is 9.59. The number of aliphatic hydroxyl groups excluding tert-OH is 1. The highest BCUT2D eigenvalue weighted by atomic mass is 32.1. The van der Waals surface area contributed by atoms with Crippen molar-refractivity contribution >= 4 is 44.1 Å². The first-order valence-electron chi connectivity index (χ1n) is 11.4. The summed E-state index contributed by atoms with van der Waals surface area (Å²) in [5.41, 5.74) is 2.62. The second-order valence-electron chi connectivity index (χ2n) is 8.48. The standard InChI is InChI=1S/C28H24N2O6S/c1-15-8-10-19-22(12-15)37-28(29-19)30-24(16-9-11-20(35-3)21(14-16)36-4)23(26(32)27(30)33)25(31)17-6-5-7-18(13-17)34-2/h5-14,24,31H,1-4H3/b25-23+/t24-/m0/s1. The zero-order valence-corrected chi connectivity index (χ0v) is 21.5. The number of Topliss-reactive ketones (excluding diaryl/α,β-unsaturated/α-hetero) is 1. The molecule has 1 amide bonds. The van der Waals surface area contributed by atoms with Crippen LogP contribution >= 0.6 is 11.3 Å². The Morgan fingerprint density at radius 1 is 0.946 bits per heavy atom. The van der Waals surface area contributed by atoms with E-state index in [0.717, 1.165) is 10.3 Å². The number of methoxy groups -OCH3 is 3. The van der Waals surface area contributed by atoms with Gasteiger partial charge in [0.2, 0.25) is 0 Å². The molecule has 9 heteroatoms. The molecule has 1 saturated heterocycles. The highest BCUT2D eigenvalue weighted by molar-refractivity contribution is 7.22. The van der Waals surface area contributed by atoms with Crippen LogP contribution in [-0.2, 0) is 9.59 Å². The monoisotopic (exact) mass is 516 g/mol. The average molecular weight is 517 g/mol. The summed E-state index contributed by atoms with van der Waals surface area (Å²) < 4.78 is 17.0. The Labute approximate surface area is 217 Å². The molecule has 1 N–H and O–H groups in total. The summed E-state index contributed by atoms with van der Waals surface area (Å²) in [6, 6.07) is 16.7. The third-order valence-corrected chi connectivity index (χ3v) is 7.27. The van der Waals surface area contributed by atoms with E-state index in [1.807, 2.05) is 25.1 Å². The zero-order valence-electron chi connectivity index (χ0n) is 20.6. The fraction of sp³-hybridized carbons (Fsp3) is 0.179. The van der Waals surface area contributed by atoms with E-state index in [-0.39, 0.29) is 11.3 Å². The predicted molar refractivity (Wildman–Crippen MR) is 142 cm³/mol. The molecule has 4 aromatic rings. The van der Waals surface area contributed by atoms with Gasteiger partial charge in [-0.3, -0.25) is 14.5 Å². The molecule has 0 radical (unpaired) electrons. The predicted octanol–water partition coefficient (Wildman–Crippen LogP) is 5.26. The SMILES string of the molecule is COc1cccc(/C(O)=C2\C(=O)C(=O)N(c3nc4ccc(C)cc4s3)[C@H]2c2ccc(OC)c(OC)c2)c1. The van der Waals surface area contributed by atoms with Crippen molar-refractivity contribution in [2.45, 2.75) is 13.0 Å². The van der Waals surface area contributed by atoms with Gasteiger partial charge in [-0.05, 0) is 54.4 Å². The Kier molecular flexibility index (Phi) is 6.31. The topological polar surface area (TPSA) is 98.2 Å². The average Bonchev–Trinajstić information content (AvgIpc) is 3.45. The van der Waals surface area contributed by atoms with Gasteiger partial charge in [0, 0.05) is 5.56 Å². The van der Waals surface area contributed by atoms with Crippen molar-refractivity contribution in [1.29, 1.82) is 0 Å². The molecule has 188 valence electrons. The molecule has 8 nitrogen and oxygen atoms in total. The van der Waals surface area contributed by atoms with Crippen LogP contribution in [0.1, 0.15) is 22.7 Å². The van der Waals surface area contributed by atoms with Crippen LogP contribution in [0.5, 0.6) is 17.2 Å². The number of fused-ring (bicyclic) bond motifs is 1. The number of hydrogen-bond donors (Lipinski definition) is 1. The first-order chi connectivity index (χ1) is 17.9. The summed E-state index contributed by atoms with van der Waals surface area (Å²) in [6.45, 7) is 1.98. The highest BCUT2D eigenvalue weighted by Gasteiger charge is 2.48. The Balaban J connectivity index is 1.75. The van der Waals surface area contributed by atoms with E-state index in [9.17, 15) is 14.7 Å². The summed E-state index contributed by atoms with van der Waals surface area (Å²) in [7, 11) is 4.54. The maximum atomic E-state index is 13.5. The Morgan fingerprint density at radius 3 is 2.46 bits per heavy atom. The number of benzene rings is 3. The molecule has 37 heavy (non-hydrogen) atoms. The van der Waals surface area contributed by atoms with Gasteiger partial charge in [0.15, 0.2) is 16.6 Å². The first kappa shape index (κ1) is 24.3. The summed E-state index contributed by atoms with van der Waals surface area (Å²) in [5.74, 6) is -0.479. The molecule has 1 fully saturated rings. The Morgan fingerprint density at radius 2 is 1.73 bits per heavy atom. The molecule has 0 unspecified atom stereocenters. The van der Waals surface area contributed by atoms with Gasteiger partial charge in [-0.15, -0.1) is 0 Å². The number of aliphatic hydroxyl groups is 1. The number of aromatic nitrogens is 1. The van der Waals surface area contributed by atoms with Gasteiger partial charge >= 0.3 is 5.91 Å². The molecule has 0 bridgehead atoms. The number of anilines is 1. The quantitative estimate of drug-likeness (QED) is 0.212. The molecule has 3 aromatic carbocycles. The van der Waals surface area contributed by atoms with Crippen molar-refractivity contribution in [3.05, 3.63) is 82.9 Å². The summed E-state index contributed by atoms with van der Waals surface area (Å²) >= 11 is 1.31. The molecule has 5 rings (SSSR count). The van der Waals surface area contributed by atoms with Gasteiger partial charge in [-0.25, -0.2) is 4.98 Å². The third kappa shape index (κ3) is 4.17. The number of nitrogens with zero attached hydrogens (tertiary/aromatic N) is 2. The van der Waals surface area contributed by atoms with Crippen molar-refractivity contribution in [3.8, 4) is 17.2 Å². The van der Waals surface area contributed by atoms with Crippen molar-refractivity contribution < 1.29 is 28.9 Å². The molecular weight excluding hydrogens is 492 g/mol. The van der Waals surface area contributed by atoms with Crippen LogP contribution in [0.15, 0.2) is 66.2 Å². The highest BCUT2D eigenvalue weighted by Crippen LogP contribution is 2.46. The van der Waals surface area contributed by atoms with Crippen LogP contribution in [0.3, 0.4) is 0 Å². The number of ketones is 1. The molecular formula is C28H24N2O6S. The number of carbonyl (C=O) groups is 2. The molecule has 0 spiro atoms. The lowest BCUT2D eigenvalue weighted by Gasteiger charge is -2.23. The number of carbonyl (C=O) groups excluding carboxylic acids is 2. The summed E-state index contributed by atoms with van der Waals surface area (Å²) in [5, 5.41) is 11.7. The number of thiazole rings is 1. The van der Waals surface area contributed by atoms with E-state index in [4.69, 9.17) is 14.2 Å². The minimum atomic E-state index is -0.951. The fourth-order valence-electron chi connectivity index (χ4n) is 4.42. The number of aryl methyl sites for hydroxylation is 1. The van der Waals surface area contributed by atoms with Crippen molar-refractivity contribution in [2.75, 3.05) is 26.2 Å². The fourth-order valence-corrected chi connectivity index (χ4v) is 5.51. The Hall–Kier alpha value is -4.37. The number of ether oxygens (including phenoxy) is 3. The van der Waals surface area contributed by atoms with Crippen molar-refractivity contribution in [2.24, 2.45) is 0 Å². The zero-order chi connectivity index (χ0) is 26.3. The maximum absolute atomic E-state index is 13.5. The third-order valence-electron chi connectivity index (χ3n) is 6.25. The number of hydrogen-bond acceptors (Lipinski definition) is 8. The molecule has 1 atom stereocenters. The molecule has 0 aliphatic carbocycles. The molecule has 0 saturated carbocycles. The first-order valence-corrected chi connectivity index (χ1v) is 12.2. The van der Waals surface area contributed by atoms with Crippen LogP contribution in [0.2, 0.25) is 0 Å². The largest absolute Gasteiger partial charge is 0.507 e. The molecule has 2 heterocycles. The van der Waals surface area contributed by atoms with Crippen LogP contribution < -0.4 is 19.1 Å². The lowest BCUT2D eigenvalue weighted by atomic mass is 9.95. The van der Waals surface area contributed by atoms with Gasteiger partial charge in [-0.2, -0.15) is 0 Å². The minimum Gasteiger partial charge on any atom is -0.507 e. The van der Waals surface area contributed by atoms with E-state index in [1.165, 1.54) is 37.6 Å². The van der Waals surface area contributed by atoms with E-state index in [1.54, 1.807) is 42.5 Å². The maximum Gasteiger partial charge on any atom is 0.301 e. The van der Waals surface area contributed by atoms with Crippen LogP contribution in [-0.4, -0.2) is 43.1 Å². The second-order valence-corrected chi connectivity index (χ2v) is 9.49. The number of amides is 1. The van der Waals surface area contributed by atoms with Crippen LogP contribution in [0.4, 0.5) is 5.13 Å².